The zero-order valence-corrected chi connectivity index (χ0v) is 12.8. The lowest BCUT2D eigenvalue weighted by atomic mass is 9.95. The number of halogens is 1. The number of hydrogen-bond donors (Lipinski definition) is 2. The van der Waals surface area contributed by atoms with Crippen molar-refractivity contribution in [2.24, 2.45) is 0 Å². The molecule has 21 heavy (non-hydrogen) atoms. The van der Waals surface area contributed by atoms with E-state index in [0.29, 0.717) is 17.5 Å². The topological polar surface area (TPSA) is 62.5 Å². The van der Waals surface area contributed by atoms with E-state index in [1.54, 1.807) is 12.1 Å². The Labute approximate surface area is 128 Å². The summed E-state index contributed by atoms with van der Waals surface area (Å²) in [5.74, 6) is -0.161. The molecule has 0 unspecified atom stereocenters. The highest BCUT2D eigenvalue weighted by molar-refractivity contribution is 6.28. The fraction of sp³-hybridized carbons (Fsp3) is 0.312. The van der Waals surface area contributed by atoms with Gasteiger partial charge in [-0.1, -0.05) is 18.2 Å². The van der Waals surface area contributed by atoms with E-state index in [1.165, 1.54) is 0 Å². The summed E-state index contributed by atoms with van der Waals surface area (Å²) in [5, 5.41) is 12.7. The Morgan fingerprint density at radius 3 is 2.71 bits per heavy atom. The molecule has 0 aliphatic heterocycles. The molecule has 0 fully saturated rings. The minimum Gasteiger partial charge on any atom is -0.481 e. The molecule has 1 aromatic carbocycles. The number of aliphatic carboxylic acids is 1. The van der Waals surface area contributed by atoms with Gasteiger partial charge in [-0.3, -0.25) is 4.79 Å². The van der Waals surface area contributed by atoms with Gasteiger partial charge in [0, 0.05) is 6.04 Å². The highest BCUT2D eigenvalue weighted by atomic mass is 35.5. The van der Waals surface area contributed by atoms with Gasteiger partial charge < -0.3 is 14.8 Å². The number of carboxylic acid groups (broad SMARTS) is 1. The molecule has 0 aliphatic rings. The number of rotatable bonds is 6. The lowest BCUT2D eigenvalue weighted by Crippen LogP contribution is -2.24. The van der Waals surface area contributed by atoms with Crippen molar-refractivity contribution in [3.05, 3.63) is 58.0 Å². The van der Waals surface area contributed by atoms with E-state index in [9.17, 15) is 4.79 Å². The SMILES string of the molecule is Cc1cccc([C@@H](CC(=O)O)NCc2ccc(Cl)o2)c1C. The summed E-state index contributed by atoms with van der Waals surface area (Å²) < 4.78 is 5.28. The van der Waals surface area contributed by atoms with Gasteiger partial charge in [0.05, 0.1) is 13.0 Å². The van der Waals surface area contributed by atoms with Crippen molar-refractivity contribution in [1.29, 1.82) is 0 Å². The van der Waals surface area contributed by atoms with E-state index in [0.717, 1.165) is 16.7 Å². The van der Waals surface area contributed by atoms with Gasteiger partial charge in [0.15, 0.2) is 5.22 Å². The Morgan fingerprint density at radius 1 is 1.33 bits per heavy atom. The average Bonchev–Trinajstić information content (AvgIpc) is 2.83. The molecule has 0 amide bonds. The van der Waals surface area contributed by atoms with Crippen LogP contribution < -0.4 is 5.32 Å². The summed E-state index contributed by atoms with van der Waals surface area (Å²) in [5.41, 5.74) is 3.24. The molecule has 1 heterocycles. The fourth-order valence-electron chi connectivity index (χ4n) is 2.29. The molecular weight excluding hydrogens is 290 g/mol. The summed E-state index contributed by atoms with van der Waals surface area (Å²) >= 11 is 5.73. The Hall–Kier alpha value is -1.78. The van der Waals surface area contributed by atoms with Crippen LogP contribution in [0.5, 0.6) is 0 Å². The van der Waals surface area contributed by atoms with E-state index in [-0.39, 0.29) is 12.5 Å². The number of nitrogens with one attached hydrogen (secondary N) is 1. The zero-order chi connectivity index (χ0) is 15.4. The number of hydrogen-bond acceptors (Lipinski definition) is 3. The number of benzene rings is 1. The standard InChI is InChI=1S/C16H18ClNO3/c1-10-4-3-5-13(11(10)2)14(8-16(19)20)18-9-12-6-7-15(17)21-12/h3-7,14,18H,8-9H2,1-2H3,(H,19,20)/t14-/m1/s1. The monoisotopic (exact) mass is 307 g/mol. The van der Waals surface area contributed by atoms with E-state index >= 15 is 0 Å². The third kappa shape index (κ3) is 4.09. The molecule has 0 saturated carbocycles. The minimum absolute atomic E-state index is 0.0126. The number of furan rings is 1. The molecule has 0 bridgehead atoms. The summed E-state index contributed by atoms with van der Waals surface area (Å²) in [6.07, 6.45) is 0.0126. The van der Waals surface area contributed by atoms with Crippen molar-refractivity contribution >= 4 is 17.6 Å². The molecule has 0 saturated heterocycles. The van der Waals surface area contributed by atoms with Crippen LogP contribution >= 0.6 is 11.6 Å². The van der Waals surface area contributed by atoms with Gasteiger partial charge in [-0.2, -0.15) is 0 Å². The van der Waals surface area contributed by atoms with Gasteiger partial charge in [0.1, 0.15) is 5.76 Å². The predicted molar refractivity (Wildman–Crippen MR) is 81.5 cm³/mol. The maximum atomic E-state index is 11.1. The largest absolute Gasteiger partial charge is 0.481 e. The molecular formula is C16H18ClNO3. The summed E-state index contributed by atoms with van der Waals surface area (Å²) in [4.78, 5) is 11.1. The van der Waals surface area contributed by atoms with Crippen LogP contribution in [0.15, 0.2) is 34.7 Å². The smallest absolute Gasteiger partial charge is 0.305 e. The van der Waals surface area contributed by atoms with Crippen LogP contribution in [0.2, 0.25) is 5.22 Å². The molecule has 1 atom stereocenters. The Balaban J connectivity index is 2.17. The average molecular weight is 308 g/mol. The second-order valence-corrected chi connectivity index (χ2v) is 5.40. The molecule has 1 aromatic heterocycles. The van der Waals surface area contributed by atoms with Crippen molar-refractivity contribution in [2.75, 3.05) is 0 Å². The van der Waals surface area contributed by atoms with Crippen LogP contribution in [0, 0.1) is 13.8 Å². The molecule has 0 spiro atoms. The molecule has 2 rings (SSSR count). The van der Waals surface area contributed by atoms with Crippen LogP contribution in [-0.2, 0) is 11.3 Å². The van der Waals surface area contributed by atoms with Crippen LogP contribution in [0.4, 0.5) is 0 Å². The van der Waals surface area contributed by atoms with Crippen molar-refractivity contribution in [1.82, 2.24) is 5.32 Å². The highest BCUT2D eigenvalue weighted by Gasteiger charge is 2.18. The molecule has 5 heteroatoms. The van der Waals surface area contributed by atoms with Gasteiger partial charge in [-0.15, -0.1) is 0 Å². The summed E-state index contributed by atoms with van der Waals surface area (Å²) in [7, 11) is 0. The quantitative estimate of drug-likeness (QED) is 0.850. The Morgan fingerprint density at radius 2 is 2.10 bits per heavy atom. The van der Waals surface area contributed by atoms with Gasteiger partial charge in [0.25, 0.3) is 0 Å². The first-order chi connectivity index (χ1) is 9.97. The van der Waals surface area contributed by atoms with Gasteiger partial charge >= 0.3 is 5.97 Å². The van der Waals surface area contributed by atoms with Crippen LogP contribution in [0.25, 0.3) is 0 Å². The second-order valence-electron chi connectivity index (χ2n) is 5.03. The minimum atomic E-state index is -0.842. The zero-order valence-electron chi connectivity index (χ0n) is 12.0. The Kier molecular flexibility index (Phi) is 5.04. The maximum Gasteiger partial charge on any atom is 0.305 e. The van der Waals surface area contributed by atoms with Crippen LogP contribution in [-0.4, -0.2) is 11.1 Å². The second kappa shape index (κ2) is 6.78. The van der Waals surface area contributed by atoms with Crippen LogP contribution in [0.3, 0.4) is 0 Å². The van der Waals surface area contributed by atoms with Crippen LogP contribution in [0.1, 0.15) is 34.9 Å². The summed E-state index contributed by atoms with van der Waals surface area (Å²) in [6, 6.07) is 9.09. The van der Waals surface area contributed by atoms with Crippen molar-refractivity contribution in [3.63, 3.8) is 0 Å². The molecule has 0 aliphatic carbocycles. The number of carboxylic acids is 1. The van der Waals surface area contributed by atoms with Gasteiger partial charge in [-0.25, -0.2) is 0 Å². The molecule has 2 N–H and O–H groups in total. The third-order valence-corrected chi connectivity index (χ3v) is 3.76. The fourth-order valence-corrected chi connectivity index (χ4v) is 2.45. The first-order valence-corrected chi connectivity index (χ1v) is 7.10. The van der Waals surface area contributed by atoms with E-state index in [1.807, 2.05) is 32.0 Å². The molecule has 0 radical (unpaired) electrons. The molecule has 112 valence electrons. The lowest BCUT2D eigenvalue weighted by molar-refractivity contribution is -0.137. The van der Waals surface area contributed by atoms with Crippen molar-refractivity contribution in [2.45, 2.75) is 32.9 Å². The molecule has 2 aromatic rings. The number of carbonyl (C=O) groups is 1. The normalized spacial score (nSPS) is 12.3. The molecule has 4 nitrogen and oxygen atoms in total. The maximum absolute atomic E-state index is 11.1. The van der Waals surface area contributed by atoms with Crippen molar-refractivity contribution in [3.8, 4) is 0 Å². The predicted octanol–water partition coefficient (Wildman–Crippen LogP) is 3.86. The lowest BCUT2D eigenvalue weighted by Gasteiger charge is -2.20. The first-order valence-electron chi connectivity index (χ1n) is 6.73. The number of aryl methyl sites for hydroxylation is 1. The van der Waals surface area contributed by atoms with Gasteiger partial charge in [-0.05, 0) is 54.3 Å². The Bertz CT molecular complexity index is 636. The summed E-state index contributed by atoms with van der Waals surface area (Å²) in [6.45, 7) is 4.45. The van der Waals surface area contributed by atoms with Crippen molar-refractivity contribution < 1.29 is 14.3 Å². The van der Waals surface area contributed by atoms with Gasteiger partial charge in [0.2, 0.25) is 0 Å². The van der Waals surface area contributed by atoms with E-state index in [4.69, 9.17) is 21.1 Å². The van der Waals surface area contributed by atoms with E-state index in [2.05, 4.69) is 5.32 Å². The first kappa shape index (κ1) is 15.6. The highest BCUT2D eigenvalue weighted by Crippen LogP contribution is 2.24. The third-order valence-electron chi connectivity index (χ3n) is 3.55. The van der Waals surface area contributed by atoms with E-state index < -0.39 is 5.97 Å².